The van der Waals surface area contributed by atoms with Crippen molar-refractivity contribution in [2.75, 3.05) is 26.4 Å². The first-order chi connectivity index (χ1) is 14.1. The fourth-order valence-electron chi connectivity index (χ4n) is 3.10. The Morgan fingerprint density at radius 3 is 2.39 bits per heavy atom. The number of aromatic nitrogens is 2. The highest BCUT2D eigenvalue weighted by Crippen LogP contribution is 2.19. The fourth-order valence-corrected chi connectivity index (χ4v) is 4.51. The van der Waals surface area contributed by atoms with Crippen molar-refractivity contribution in [3.05, 3.63) is 69.6 Å². The van der Waals surface area contributed by atoms with Crippen LogP contribution in [0.15, 0.2) is 52.2 Å². The van der Waals surface area contributed by atoms with E-state index in [1.807, 2.05) is 19.0 Å². The molecule has 166 valence electrons. The van der Waals surface area contributed by atoms with Crippen molar-refractivity contribution in [1.82, 2.24) is 14.5 Å². The summed E-state index contributed by atoms with van der Waals surface area (Å²) in [6.07, 6.45) is 0.290. The van der Waals surface area contributed by atoms with E-state index in [4.69, 9.17) is 11.1 Å². The van der Waals surface area contributed by atoms with Gasteiger partial charge in [-0.15, -0.1) is 12.4 Å². The number of benzene rings is 2. The Balaban J connectivity index is 0.00000341. The number of hydrogen-bond donors (Lipinski definition) is 2. The van der Waals surface area contributed by atoms with Gasteiger partial charge >= 0.3 is 0 Å². The number of nitrogens with zero attached hydrogens (tertiary/aromatic N) is 3. The maximum Gasteiger partial charge on any atom is 0.272 e. The maximum atomic E-state index is 12.7. The van der Waals surface area contributed by atoms with Gasteiger partial charge in [-0.1, -0.05) is 24.3 Å². The number of nitrogens with one attached hydrogen (secondary N) is 1. The first-order valence-corrected chi connectivity index (χ1v) is 11.0. The summed E-state index contributed by atoms with van der Waals surface area (Å²) in [5.74, 6) is -0.0172. The first kappa shape index (κ1) is 24.5. The van der Waals surface area contributed by atoms with E-state index in [0.717, 1.165) is 5.56 Å². The molecule has 0 amide bonds. The van der Waals surface area contributed by atoms with Crippen LogP contribution in [0.3, 0.4) is 0 Å². The minimum atomic E-state index is -3.46. The Morgan fingerprint density at radius 2 is 1.81 bits per heavy atom. The van der Waals surface area contributed by atoms with Gasteiger partial charge in [-0.3, -0.25) is 10.2 Å². The Labute approximate surface area is 187 Å². The molecule has 0 fully saturated rings. The number of amidine groups is 1. The number of aryl methyl sites for hydroxylation is 1. The molecule has 0 radical (unpaired) electrons. The van der Waals surface area contributed by atoms with Gasteiger partial charge in [0.25, 0.3) is 5.56 Å². The third-order valence-electron chi connectivity index (χ3n) is 4.92. The molecule has 0 spiro atoms. The van der Waals surface area contributed by atoms with Gasteiger partial charge in [-0.05, 0) is 37.9 Å². The minimum Gasteiger partial charge on any atom is -0.384 e. The molecule has 8 nitrogen and oxygen atoms in total. The van der Waals surface area contributed by atoms with Crippen molar-refractivity contribution in [2.24, 2.45) is 12.8 Å². The highest BCUT2D eigenvalue weighted by Gasteiger charge is 2.17. The molecule has 0 saturated carbocycles. The molecule has 0 bridgehead atoms. The van der Waals surface area contributed by atoms with Crippen molar-refractivity contribution in [1.29, 1.82) is 5.41 Å². The van der Waals surface area contributed by atoms with E-state index in [-0.39, 0.29) is 34.5 Å². The summed E-state index contributed by atoms with van der Waals surface area (Å²) >= 11 is 0. The van der Waals surface area contributed by atoms with Crippen LogP contribution in [-0.2, 0) is 23.3 Å². The number of hydrogen-bond acceptors (Lipinski definition) is 6. The maximum absolute atomic E-state index is 12.7. The molecule has 1 aromatic heterocycles. The lowest BCUT2D eigenvalue weighted by Gasteiger charge is -2.12. The van der Waals surface area contributed by atoms with Gasteiger partial charge < -0.3 is 15.2 Å². The number of rotatable bonds is 7. The molecule has 3 aromatic rings. The Morgan fingerprint density at radius 1 is 1.16 bits per heavy atom. The van der Waals surface area contributed by atoms with Gasteiger partial charge in [0.1, 0.15) is 11.5 Å². The second-order valence-electron chi connectivity index (χ2n) is 7.48. The topological polar surface area (TPSA) is 122 Å². The molecule has 0 atom stereocenters. The zero-order chi connectivity index (χ0) is 22.1. The summed E-state index contributed by atoms with van der Waals surface area (Å²) in [5.41, 5.74) is 8.04. The smallest absolute Gasteiger partial charge is 0.272 e. The van der Waals surface area contributed by atoms with Crippen LogP contribution in [0.5, 0.6) is 0 Å². The standard InChI is InChI=1S/C21H25N5O3S.ClH/c1-25(2)10-11-30(28,29)16-8-9-19-17(13-16)24-18(21(27)26(19)3)12-14-4-6-15(7-5-14)20(22)23;/h4-9,13H,10-12H2,1-3H3,(H3,22,23);1H. The van der Waals surface area contributed by atoms with E-state index in [9.17, 15) is 13.2 Å². The first-order valence-electron chi connectivity index (χ1n) is 9.39. The van der Waals surface area contributed by atoms with Gasteiger partial charge in [-0.25, -0.2) is 13.4 Å². The molecule has 0 saturated heterocycles. The van der Waals surface area contributed by atoms with Crippen molar-refractivity contribution in [2.45, 2.75) is 11.3 Å². The number of halogens is 1. The summed E-state index contributed by atoms with van der Waals surface area (Å²) < 4.78 is 26.8. The zero-order valence-corrected chi connectivity index (χ0v) is 19.3. The van der Waals surface area contributed by atoms with Crippen LogP contribution >= 0.6 is 12.4 Å². The van der Waals surface area contributed by atoms with E-state index in [2.05, 4.69) is 4.98 Å². The lowest BCUT2D eigenvalue weighted by Crippen LogP contribution is -2.24. The van der Waals surface area contributed by atoms with Crippen LogP contribution in [0, 0.1) is 5.41 Å². The van der Waals surface area contributed by atoms with Gasteiger partial charge in [0.2, 0.25) is 0 Å². The Hall–Kier alpha value is -2.75. The average molecular weight is 464 g/mol. The SMILES string of the molecule is CN(C)CCS(=O)(=O)c1ccc2c(c1)nc(Cc1ccc(C(=N)N)cc1)c(=O)n2C.Cl. The number of sulfone groups is 1. The van der Waals surface area contributed by atoms with Crippen LogP contribution in [0.2, 0.25) is 0 Å². The van der Waals surface area contributed by atoms with Crippen LogP contribution in [0.4, 0.5) is 0 Å². The van der Waals surface area contributed by atoms with Gasteiger partial charge in [-0.2, -0.15) is 0 Å². The third kappa shape index (κ3) is 5.49. The Bertz CT molecular complexity index is 1270. The molecule has 31 heavy (non-hydrogen) atoms. The van der Waals surface area contributed by atoms with Crippen molar-refractivity contribution < 1.29 is 8.42 Å². The van der Waals surface area contributed by atoms with E-state index in [0.29, 0.717) is 35.3 Å². The Kier molecular flexibility index (Phi) is 7.58. The molecule has 2 aromatic carbocycles. The highest BCUT2D eigenvalue weighted by molar-refractivity contribution is 7.91. The van der Waals surface area contributed by atoms with Gasteiger partial charge in [0, 0.05) is 25.6 Å². The van der Waals surface area contributed by atoms with Crippen LogP contribution in [0.25, 0.3) is 11.0 Å². The van der Waals surface area contributed by atoms with Crippen LogP contribution in [-0.4, -0.2) is 55.1 Å². The summed E-state index contributed by atoms with van der Waals surface area (Å²) in [5, 5.41) is 7.46. The summed E-state index contributed by atoms with van der Waals surface area (Å²) in [7, 11) is 1.84. The number of nitrogen functional groups attached to an aromatic ring is 1. The second kappa shape index (κ2) is 9.59. The molecular formula is C21H26ClN5O3S. The average Bonchev–Trinajstić information content (AvgIpc) is 2.70. The van der Waals surface area contributed by atoms with Crippen molar-refractivity contribution in [3.63, 3.8) is 0 Å². The predicted octanol–water partition coefficient (Wildman–Crippen LogP) is 1.57. The molecule has 10 heteroatoms. The number of nitrogens with two attached hydrogens (primary N) is 1. The number of fused-ring (bicyclic) bond motifs is 1. The van der Waals surface area contributed by atoms with Crippen LogP contribution < -0.4 is 11.3 Å². The minimum absolute atomic E-state index is 0. The molecule has 0 aliphatic carbocycles. The third-order valence-corrected chi connectivity index (χ3v) is 6.61. The van der Waals surface area contributed by atoms with E-state index in [1.165, 1.54) is 16.7 Å². The van der Waals surface area contributed by atoms with Crippen molar-refractivity contribution >= 4 is 39.1 Å². The van der Waals surface area contributed by atoms with Crippen LogP contribution in [0.1, 0.15) is 16.8 Å². The molecule has 3 rings (SSSR count). The lowest BCUT2D eigenvalue weighted by atomic mass is 10.1. The monoisotopic (exact) mass is 463 g/mol. The second-order valence-corrected chi connectivity index (χ2v) is 9.59. The molecule has 0 aliphatic rings. The van der Waals surface area contributed by atoms with Gasteiger partial charge in [0.15, 0.2) is 9.84 Å². The molecule has 3 N–H and O–H groups in total. The summed E-state index contributed by atoms with van der Waals surface area (Å²) in [4.78, 5) is 19.2. The fraction of sp³-hybridized carbons (Fsp3) is 0.286. The summed E-state index contributed by atoms with van der Waals surface area (Å²) in [6, 6.07) is 11.7. The zero-order valence-electron chi connectivity index (χ0n) is 17.6. The lowest BCUT2D eigenvalue weighted by molar-refractivity contribution is 0.432. The highest BCUT2D eigenvalue weighted by atomic mass is 35.5. The summed E-state index contributed by atoms with van der Waals surface area (Å²) in [6.45, 7) is 0.419. The normalized spacial score (nSPS) is 11.5. The molecule has 0 aliphatic heterocycles. The predicted molar refractivity (Wildman–Crippen MR) is 125 cm³/mol. The van der Waals surface area contributed by atoms with E-state index < -0.39 is 9.84 Å². The van der Waals surface area contributed by atoms with Gasteiger partial charge in [0.05, 0.1) is 21.7 Å². The largest absolute Gasteiger partial charge is 0.384 e. The molecule has 0 unspecified atom stereocenters. The van der Waals surface area contributed by atoms with E-state index in [1.54, 1.807) is 37.4 Å². The molecule has 1 heterocycles. The quantitative estimate of drug-likeness (QED) is 0.405. The van der Waals surface area contributed by atoms with E-state index >= 15 is 0 Å². The molecular weight excluding hydrogens is 438 g/mol. The van der Waals surface area contributed by atoms with Crippen molar-refractivity contribution in [3.8, 4) is 0 Å².